The van der Waals surface area contributed by atoms with Gasteiger partial charge in [-0.15, -0.1) is 0 Å². The summed E-state index contributed by atoms with van der Waals surface area (Å²) in [5.41, 5.74) is 3.47. The smallest absolute Gasteiger partial charge is 0.248 e. The molecule has 0 spiro atoms. The Morgan fingerprint density at radius 3 is 2.62 bits per heavy atom. The summed E-state index contributed by atoms with van der Waals surface area (Å²) in [5, 5.41) is 6.02. The van der Waals surface area contributed by atoms with Crippen molar-refractivity contribution in [3.63, 3.8) is 0 Å². The van der Waals surface area contributed by atoms with Gasteiger partial charge in [0, 0.05) is 21.5 Å². The Hall–Kier alpha value is -3.60. The Morgan fingerprint density at radius 1 is 0.938 bits per heavy atom. The van der Waals surface area contributed by atoms with Crippen molar-refractivity contribution in [2.24, 2.45) is 0 Å². The maximum absolute atomic E-state index is 12.6. The summed E-state index contributed by atoms with van der Waals surface area (Å²) >= 11 is 12.1. The van der Waals surface area contributed by atoms with Crippen LogP contribution in [0.25, 0.3) is 39.4 Å². The first-order valence-electron chi connectivity index (χ1n) is 9.90. The molecule has 1 aromatic heterocycles. The number of benzene rings is 4. The maximum Gasteiger partial charge on any atom is 0.248 e. The highest BCUT2D eigenvalue weighted by atomic mass is 35.5. The van der Waals surface area contributed by atoms with Gasteiger partial charge in [-0.25, -0.2) is 4.98 Å². The summed E-state index contributed by atoms with van der Waals surface area (Å²) in [5.74, 6) is 0.141. The zero-order valence-corrected chi connectivity index (χ0v) is 18.2. The standard InChI is InChI=1S/C26H16Cl2N2O2/c27-18-12-9-17(21(28)15-18)11-14-24(31)29-22-8-4-3-7-20(22)26-30-25-19-6-2-1-5-16(19)10-13-23(25)32-26/h1-15H,(H,29,31). The predicted octanol–water partition coefficient (Wildman–Crippen LogP) is 7.61. The van der Waals surface area contributed by atoms with Crippen LogP contribution in [0.4, 0.5) is 5.69 Å². The van der Waals surface area contributed by atoms with Crippen molar-refractivity contribution in [2.75, 3.05) is 5.32 Å². The number of rotatable bonds is 4. The predicted molar refractivity (Wildman–Crippen MR) is 131 cm³/mol. The van der Waals surface area contributed by atoms with Crippen molar-refractivity contribution >= 4 is 62.7 Å². The summed E-state index contributed by atoms with van der Waals surface area (Å²) in [6.45, 7) is 0. The number of hydrogen-bond donors (Lipinski definition) is 1. The van der Waals surface area contributed by atoms with Gasteiger partial charge in [0.2, 0.25) is 11.8 Å². The number of nitrogens with one attached hydrogen (secondary N) is 1. The van der Waals surface area contributed by atoms with Crippen molar-refractivity contribution < 1.29 is 9.21 Å². The second-order valence-electron chi connectivity index (χ2n) is 7.19. The number of aromatic nitrogens is 1. The third-order valence-corrected chi connectivity index (χ3v) is 5.64. The molecule has 1 N–H and O–H groups in total. The Morgan fingerprint density at radius 2 is 1.75 bits per heavy atom. The molecule has 0 fully saturated rings. The molecule has 5 rings (SSSR count). The normalized spacial score (nSPS) is 11.4. The summed E-state index contributed by atoms with van der Waals surface area (Å²) in [6, 6.07) is 24.4. The fourth-order valence-electron chi connectivity index (χ4n) is 3.53. The molecule has 0 aliphatic rings. The Bertz CT molecular complexity index is 1500. The van der Waals surface area contributed by atoms with Crippen LogP contribution in [0.1, 0.15) is 5.56 Å². The molecule has 0 unspecified atom stereocenters. The second kappa shape index (κ2) is 8.50. The highest BCUT2D eigenvalue weighted by Gasteiger charge is 2.15. The van der Waals surface area contributed by atoms with Gasteiger partial charge in [-0.05, 0) is 47.4 Å². The summed E-state index contributed by atoms with van der Waals surface area (Å²) in [7, 11) is 0. The minimum absolute atomic E-state index is 0.301. The van der Waals surface area contributed by atoms with Gasteiger partial charge in [0.25, 0.3) is 0 Å². The van der Waals surface area contributed by atoms with Crippen LogP contribution in [0.15, 0.2) is 89.4 Å². The number of amides is 1. The van der Waals surface area contributed by atoms with E-state index in [0.29, 0.717) is 38.3 Å². The van der Waals surface area contributed by atoms with E-state index in [9.17, 15) is 4.79 Å². The fraction of sp³-hybridized carbons (Fsp3) is 0. The third kappa shape index (κ3) is 3.98. The molecule has 0 saturated carbocycles. The first kappa shape index (κ1) is 20.3. The zero-order chi connectivity index (χ0) is 22.1. The average molecular weight is 459 g/mol. The first-order valence-corrected chi connectivity index (χ1v) is 10.7. The first-order chi connectivity index (χ1) is 15.6. The minimum Gasteiger partial charge on any atom is -0.436 e. The molecule has 4 aromatic carbocycles. The highest BCUT2D eigenvalue weighted by molar-refractivity contribution is 6.35. The SMILES string of the molecule is O=C(C=Cc1ccc(Cl)cc1Cl)Nc1ccccc1-c1nc2c(ccc3ccccc32)o1. The van der Waals surface area contributed by atoms with Gasteiger partial charge in [-0.2, -0.15) is 0 Å². The van der Waals surface area contributed by atoms with Crippen molar-refractivity contribution in [1.82, 2.24) is 4.98 Å². The molecule has 0 bridgehead atoms. The quantitative estimate of drug-likeness (QED) is 0.282. The topological polar surface area (TPSA) is 55.1 Å². The third-order valence-electron chi connectivity index (χ3n) is 5.08. The lowest BCUT2D eigenvalue weighted by molar-refractivity contribution is -0.111. The van der Waals surface area contributed by atoms with Gasteiger partial charge < -0.3 is 9.73 Å². The number of halogens is 2. The number of nitrogens with zero attached hydrogens (tertiary/aromatic N) is 1. The van der Waals surface area contributed by atoms with E-state index >= 15 is 0 Å². The Balaban J connectivity index is 1.46. The Kier molecular flexibility index (Phi) is 5.39. The van der Waals surface area contributed by atoms with E-state index in [1.165, 1.54) is 6.08 Å². The van der Waals surface area contributed by atoms with Crippen molar-refractivity contribution in [1.29, 1.82) is 0 Å². The molecule has 0 aliphatic heterocycles. The zero-order valence-electron chi connectivity index (χ0n) is 16.7. The van der Waals surface area contributed by atoms with E-state index < -0.39 is 0 Å². The van der Waals surface area contributed by atoms with Gasteiger partial charge in [0.05, 0.1) is 11.3 Å². The molecule has 1 amide bonds. The van der Waals surface area contributed by atoms with Crippen molar-refractivity contribution in [3.05, 3.63) is 101 Å². The number of para-hydroxylation sites is 1. The lowest BCUT2D eigenvalue weighted by atomic mass is 10.1. The molecule has 0 saturated heterocycles. The molecule has 156 valence electrons. The van der Waals surface area contributed by atoms with Gasteiger partial charge >= 0.3 is 0 Å². The van der Waals surface area contributed by atoms with E-state index in [1.807, 2.05) is 60.7 Å². The monoisotopic (exact) mass is 458 g/mol. The molecular weight excluding hydrogens is 443 g/mol. The number of hydrogen-bond acceptors (Lipinski definition) is 3. The molecule has 0 atom stereocenters. The lowest BCUT2D eigenvalue weighted by Crippen LogP contribution is -2.08. The van der Waals surface area contributed by atoms with E-state index in [2.05, 4.69) is 5.32 Å². The summed E-state index contributed by atoms with van der Waals surface area (Å²) < 4.78 is 6.03. The van der Waals surface area contributed by atoms with Gasteiger partial charge in [-0.3, -0.25) is 4.79 Å². The molecule has 0 aliphatic carbocycles. The summed E-state index contributed by atoms with van der Waals surface area (Å²) in [6.07, 6.45) is 3.06. The number of carbonyl (C=O) groups excluding carboxylic acids is 1. The molecule has 4 nitrogen and oxygen atoms in total. The van der Waals surface area contributed by atoms with Crippen LogP contribution in [0.3, 0.4) is 0 Å². The highest BCUT2D eigenvalue weighted by Crippen LogP contribution is 2.33. The molecular formula is C26H16Cl2N2O2. The van der Waals surface area contributed by atoms with Crippen LogP contribution in [0, 0.1) is 0 Å². The van der Waals surface area contributed by atoms with E-state index in [0.717, 1.165) is 16.3 Å². The number of anilines is 1. The van der Waals surface area contributed by atoms with E-state index in [4.69, 9.17) is 32.6 Å². The minimum atomic E-state index is -0.301. The van der Waals surface area contributed by atoms with Crippen LogP contribution < -0.4 is 5.32 Å². The van der Waals surface area contributed by atoms with Crippen LogP contribution in [-0.2, 0) is 4.79 Å². The van der Waals surface area contributed by atoms with Gasteiger partial charge in [-0.1, -0.05) is 71.7 Å². The van der Waals surface area contributed by atoms with Gasteiger partial charge in [0.1, 0.15) is 5.52 Å². The second-order valence-corrected chi connectivity index (χ2v) is 8.03. The molecule has 5 aromatic rings. The fourth-order valence-corrected chi connectivity index (χ4v) is 4.00. The maximum atomic E-state index is 12.6. The van der Waals surface area contributed by atoms with Crippen LogP contribution >= 0.6 is 23.2 Å². The number of oxazole rings is 1. The molecule has 0 radical (unpaired) electrons. The van der Waals surface area contributed by atoms with E-state index in [1.54, 1.807) is 24.3 Å². The van der Waals surface area contributed by atoms with Crippen LogP contribution in [-0.4, -0.2) is 10.9 Å². The number of carbonyl (C=O) groups is 1. The Labute approximate surface area is 194 Å². The summed E-state index contributed by atoms with van der Waals surface area (Å²) in [4.78, 5) is 17.3. The molecule has 6 heteroatoms. The number of fused-ring (bicyclic) bond motifs is 3. The molecule has 1 heterocycles. The van der Waals surface area contributed by atoms with Gasteiger partial charge in [0.15, 0.2) is 5.58 Å². The largest absolute Gasteiger partial charge is 0.436 e. The lowest BCUT2D eigenvalue weighted by Gasteiger charge is -2.07. The van der Waals surface area contributed by atoms with Crippen LogP contribution in [0.2, 0.25) is 10.0 Å². The van der Waals surface area contributed by atoms with Crippen molar-refractivity contribution in [3.8, 4) is 11.5 Å². The van der Waals surface area contributed by atoms with E-state index in [-0.39, 0.29) is 5.91 Å². The average Bonchev–Trinajstić information content (AvgIpc) is 3.24. The molecule has 32 heavy (non-hydrogen) atoms. The van der Waals surface area contributed by atoms with Crippen molar-refractivity contribution in [2.45, 2.75) is 0 Å². The van der Waals surface area contributed by atoms with Crippen LogP contribution in [0.5, 0.6) is 0 Å².